The number of rotatable bonds is 2. The van der Waals surface area contributed by atoms with Crippen molar-refractivity contribution in [1.29, 1.82) is 0 Å². The number of amides is 1. The van der Waals surface area contributed by atoms with E-state index in [-0.39, 0.29) is 5.69 Å². The number of nitrogens with two attached hydrogens (primary N) is 1. The van der Waals surface area contributed by atoms with Crippen LogP contribution >= 0.6 is 0 Å². The van der Waals surface area contributed by atoms with Crippen molar-refractivity contribution >= 4 is 11.8 Å². The zero-order chi connectivity index (χ0) is 11.8. The molecular weight excluding hydrogens is 204 g/mol. The number of hydrogen-bond acceptors (Lipinski definition) is 4. The fourth-order valence-electron chi connectivity index (χ4n) is 0.704. The van der Waals surface area contributed by atoms with Crippen molar-refractivity contribution < 1.29 is 19.6 Å². The first-order valence-electron chi connectivity index (χ1n) is 3.74. The van der Waals surface area contributed by atoms with Crippen LogP contribution < -0.4 is 10.5 Å². The second-order valence-corrected chi connectivity index (χ2v) is 2.29. The number of non-ortho nitro benzene ring substituents is 1. The standard InChI is InChI=1S/C7H7NO3.CH3NO2/c1-11-7-4-2-6(3-5-7)8(9)10;2-1(3)4/h2-5H,1H3;2H2,(H,3,4). The molecule has 1 aromatic carbocycles. The van der Waals surface area contributed by atoms with Crippen LogP contribution in [0, 0.1) is 10.1 Å². The van der Waals surface area contributed by atoms with Crippen molar-refractivity contribution in [2.24, 2.45) is 5.73 Å². The van der Waals surface area contributed by atoms with E-state index in [1.54, 1.807) is 12.1 Å². The fourth-order valence-corrected chi connectivity index (χ4v) is 0.704. The topological polar surface area (TPSA) is 116 Å². The smallest absolute Gasteiger partial charge is 0.402 e. The van der Waals surface area contributed by atoms with Crippen molar-refractivity contribution in [3.63, 3.8) is 0 Å². The van der Waals surface area contributed by atoms with Crippen LogP contribution in [0.15, 0.2) is 24.3 Å². The van der Waals surface area contributed by atoms with Crippen LogP contribution in [0.3, 0.4) is 0 Å². The van der Waals surface area contributed by atoms with Crippen molar-refractivity contribution in [1.82, 2.24) is 0 Å². The molecule has 0 aliphatic heterocycles. The summed E-state index contributed by atoms with van der Waals surface area (Å²) in [6, 6.07) is 5.91. The molecule has 0 spiro atoms. The Bertz CT molecular complexity index is 331. The van der Waals surface area contributed by atoms with Gasteiger partial charge in [-0.25, -0.2) is 4.79 Å². The Morgan fingerprint density at radius 1 is 1.47 bits per heavy atom. The maximum Gasteiger partial charge on any atom is 0.402 e. The van der Waals surface area contributed by atoms with Gasteiger partial charge in [0, 0.05) is 12.1 Å². The van der Waals surface area contributed by atoms with Crippen molar-refractivity contribution in [2.45, 2.75) is 0 Å². The molecule has 3 N–H and O–H groups in total. The van der Waals surface area contributed by atoms with Gasteiger partial charge >= 0.3 is 6.09 Å². The Balaban J connectivity index is 0.000000423. The third-order valence-electron chi connectivity index (χ3n) is 1.28. The molecule has 1 rings (SSSR count). The van der Waals surface area contributed by atoms with Crippen LogP contribution in [0.1, 0.15) is 0 Å². The predicted octanol–water partition coefficient (Wildman–Crippen LogP) is 1.23. The summed E-state index contributed by atoms with van der Waals surface area (Å²) in [5, 5.41) is 17.4. The molecule has 0 bridgehead atoms. The Hall–Kier alpha value is -2.31. The lowest BCUT2D eigenvalue weighted by molar-refractivity contribution is -0.384. The molecule has 0 fully saturated rings. The van der Waals surface area contributed by atoms with Gasteiger partial charge in [-0.05, 0) is 12.1 Å². The normalized spacial score (nSPS) is 8.33. The number of carboxylic acid groups (broad SMARTS) is 1. The Kier molecular flexibility index (Phi) is 5.24. The molecule has 0 heterocycles. The van der Waals surface area contributed by atoms with Gasteiger partial charge in [-0.3, -0.25) is 10.1 Å². The molecule has 7 nitrogen and oxygen atoms in total. The summed E-state index contributed by atoms with van der Waals surface area (Å²) in [5.41, 5.74) is 4.10. The summed E-state index contributed by atoms with van der Waals surface area (Å²) in [5.74, 6) is 0.621. The van der Waals surface area contributed by atoms with Gasteiger partial charge in [0.15, 0.2) is 0 Å². The lowest BCUT2D eigenvalue weighted by Crippen LogP contribution is -2.03. The monoisotopic (exact) mass is 214 g/mol. The van der Waals surface area contributed by atoms with Crippen LogP contribution in [-0.4, -0.2) is 23.2 Å². The first kappa shape index (κ1) is 12.7. The SMILES string of the molecule is COc1ccc([N+](=O)[O-])cc1.NC(=O)O. The van der Waals surface area contributed by atoms with Crippen molar-refractivity contribution in [3.8, 4) is 5.75 Å². The number of nitro groups is 1. The van der Waals surface area contributed by atoms with Crippen molar-refractivity contribution in [2.75, 3.05) is 7.11 Å². The van der Waals surface area contributed by atoms with Crippen LogP contribution in [-0.2, 0) is 0 Å². The molecule has 7 heteroatoms. The summed E-state index contributed by atoms with van der Waals surface area (Å²) in [7, 11) is 1.52. The largest absolute Gasteiger partial charge is 0.497 e. The number of primary amides is 1. The van der Waals surface area contributed by atoms with E-state index in [4.69, 9.17) is 14.6 Å². The molecule has 0 aliphatic carbocycles. The predicted molar refractivity (Wildman–Crippen MR) is 51.9 cm³/mol. The van der Waals surface area contributed by atoms with Crippen molar-refractivity contribution in [3.05, 3.63) is 34.4 Å². The first-order valence-corrected chi connectivity index (χ1v) is 3.74. The van der Waals surface area contributed by atoms with E-state index in [1.807, 2.05) is 0 Å². The highest BCUT2D eigenvalue weighted by Crippen LogP contribution is 2.16. The van der Waals surface area contributed by atoms with E-state index >= 15 is 0 Å². The van der Waals surface area contributed by atoms with Gasteiger partial charge < -0.3 is 15.6 Å². The maximum atomic E-state index is 10.2. The van der Waals surface area contributed by atoms with Crippen LogP contribution in [0.2, 0.25) is 0 Å². The number of ether oxygens (including phenoxy) is 1. The minimum absolute atomic E-state index is 0.0748. The molecule has 1 aromatic rings. The molecule has 82 valence electrons. The molecule has 1 amide bonds. The van der Waals surface area contributed by atoms with Gasteiger partial charge in [-0.2, -0.15) is 0 Å². The van der Waals surface area contributed by atoms with E-state index in [1.165, 1.54) is 19.2 Å². The van der Waals surface area contributed by atoms with Gasteiger partial charge in [-0.15, -0.1) is 0 Å². The molecule has 0 saturated carbocycles. The highest BCUT2D eigenvalue weighted by atomic mass is 16.6. The Morgan fingerprint density at radius 3 is 2.13 bits per heavy atom. The first-order chi connectivity index (χ1) is 6.97. The molecule has 0 aromatic heterocycles. The number of hydrogen-bond donors (Lipinski definition) is 2. The third kappa shape index (κ3) is 5.86. The second-order valence-electron chi connectivity index (χ2n) is 2.29. The lowest BCUT2D eigenvalue weighted by Gasteiger charge is -1.96. The van der Waals surface area contributed by atoms with Crippen LogP contribution in [0.4, 0.5) is 10.5 Å². The molecule has 0 radical (unpaired) electrons. The van der Waals surface area contributed by atoms with E-state index in [9.17, 15) is 10.1 Å². The Morgan fingerprint density at radius 2 is 1.87 bits per heavy atom. The quantitative estimate of drug-likeness (QED) is 0.567. The van der Waals surface area contributed by atoms with Crippen LogP contribution in [0.5, 0.6) is 5.75 Å². The number of nitro benzene ring substituents is 1. The molecule has 15 heavy (non-hydrogen) atoms. The molecule has 0 unspecified atom stereocenters. The lowest BCUT2D eigenvalue weighted by atomic mass is 10.3. The average Bonchev–Trinajstić information content (AvgIpc) is 2.17. The highest BCUT2D eigenvalue weighted by molar-refractivity contribution is 5.61. The molecular formula is C8H10N2O5. The number of benzene rings is 1. The summed E-state index contributed by atoms with van der Waals surface area (Å²) in [6.07, 6.45) is -1.33. The van der Waals surface area contributed by atoms with E-state index < -0.39 is 11.0 Å². The van der Waals surface area contributed by atoms with Gasteiger partial charge in [0.1, 0.15) is 5.75 Å². The van der Waals surface area contributed by atoms with E-state index in [0.29, 0.717) is 5.75 Å². The zero-order valence-corrected chi connectivity index (χ0v) is 7.91. The third-order valence-corrected chi connectivity index (χ3v) is 1.28. The summed E-state index contributed by atoms with van der Waals surface area (Å²) < 4.78 is 4.83. The minimum Gasteiger partial charge on any atom is -0.497 e. The summed E-state index contributed by atoms with van der Waals surface area (Å²) in [6.45, 7) is 0. The number of nitrogens with zero attached hydrogens (tertiary/aromatic N) is 1. The van der Waals surface area contributed by atoms with Gasteiger partial charge in [0.05, 0.1) is 12.0 Å². The fraction of sp³-hybridized carbons (Fsp3) is 0.125. The minimum atomic E-state index is -1.33. The second kappa shape index (κ2) is 6.19. The van der Waals surface area contributed by atoms with Gasteiger partial charge in [-0.1, -0.05) is 0 Å². The molecule has 0 aliphatic rings. The van der Waals surface area contributed by atoms with E-state index in [0.717, 1.165) is 0 Å². The van der Waals surface area contributed by atoms with E-state index in [2.05, 4.69) is 5.73 Å². The zero-order valence-electron chi connectivity index (χ0n) is 7.91. The molecule has 0 saturated heterocycles. The summed E-state index contributed by atoms with van der Waals surface area (Å²) in [4.78, 5) is 18.5. The highest BCUT2D eigenvalue weighted by Gasteiger charge is 2.02. The summed E-state index contributed by atoms with van der Waals surface area (Å²) >= 11 is 0. The molecule has 0 atom stereocenters. The van der Waals surface area contributed by atoms with Crippen LogP contribution in [0.25, 0.3) is 0 Å². The van der Waals surface area contributed by atoms with Gasteiger partial charge in [0.25, 0.3) is 5.69 Å². The average molecular weight is 214 g/mol. The number of carbonyl (C=O) groups is 1. The van der Waals surface area contributed by atoms with Gasteiger partial charge in [0.2, 0.25) is 0 Å². The number of methoxy groups -OCH3 is 1. The Labute approximate surface area is 85.2 Å². The maximum absolute atomic E-state index is 10.2.